The minimum atomic E-state index is -0.294. The van der Waals surface area contributed by atoms with Gasteiger partial charge in [0.15, 0.2) is 0 Å². The zero-order valence-corrected chi connectivity index (χ0v) is 13.5. The van der Waals surface area contributed by atoms with Gasteiger partial charge in [-0.3, -0.25) is 10.1 Å². The molecule has 0 fully saturated rings. The van der Waals surface area contributed by atoms with E-state index in [0.717, 1.165) is 12.1 Å². The number of nitro benzene ring substituents is 1. The molecule has 0 aromatic heterocycles. The van der Waals surface area contributed by atoms with E-state index in [1.54, 1.807) is 6.07 Å². The van der Waals surface area contributed by atoms with E-state index in [0.29, 0.717) is 16.9 Å². The summed E-state index contributed by atoms with van der Waals surface area (Å²) in [5.74, 6) is 0.456. The number of hydrogen-bond donors (Lipinski definition) is 0. The summed E-state index contributed by atoms with van der Waals surface area (Å²) in [4.78, 5) is 13.1. The van der Waals surface area contributed by atoms with Crippen molar-refractivity contribution in [2.45, 2.75) is 39.1 Å². The molecule has 0 radical (unpaired) electrons. The van der Waals surface area contributed by atoms with Crippen LogP contribution in [0.2, 0.25) is 0 Å². The molecule has 5 heteroatoms. The average Bonchev–Trinajstić information content (AvgIpc) is 2.34. The summed E-state index contributed by atoms with van der Waals surface area (Å²) in [5, 5.41) is 11.9. The predicted octanol–water partition coefficient (Wildman–Crippen LogP) is 4.36. The summed E-state index contributed by atoms with van der Waals surface area (Å²) in [6.07, 6.45) is 0. The third kappa shape index (κ3) is 4.20. The smallest absolute Gasteiger partial charge is 0.292 e. The van der Waals surface area contributed by atoms with Crippen molar-refractivity contribution in [2.75, 3.05) is 11.4 Å². The molecule has 106 valence electrons. The summed E-state index contributed by atoms with van der Waals surface area (Å²) >= 11 is 3.34. The summed E-state index contributed by atoms with van der Waals surface area (Å²) in [5.41, 5.74) is 1.81. The van der Waals surface area contributed by atoms with Crippen LogP contribution in [-0.2, 0) is 5.33 Å². The van der Waals surface area contributed by atoms with Gasteiger partial charge in [0.05, 0.1) is 4.92 Å². The molecule has 0 aliphatic carbocycles. The van der Waals surface area contributed by atoms with Crippen molar-refractivity contribution >= 4 is 27.3 Å². The molecule has 1 rings (SSSR count). The largest absolute Gasteiger partial charge is 0.363 e. The first kappa shape index (κ1) is 16.0. The Morgan fingerprint density at radius 2 is 1.95 bits per heavy atom. The fourth-order valence-electron chi connectivity index (χ4n) is 2.02. The van der Waals surface area contributed by atoms with Crippen molar-refractivity contribution < 1.29 is 4.92 Å². The summed E-state index contributed by atoms with van der Waals surface area (Å²) in [6.45, 7) is 9.17. The Morgan fingerprint density at radius 1 is 1.32 bits per heavy atom. The molecule has 4 nitrogen and oxygen atoms in total. The molecular weight excluding hydrogens is 308 g/mol. The summed E-state index contributed by atoms with van der Waals surface area (Å²) in [6, 6.07) is 5.68. The Kier molecular flexibility index (Phi) is 5.79. The lowest BCUT2D eigenvalue weighted by molar-refractivity contribution is -0.384. The molecule has 0 saturated carbocycles. The van der Waals surface area contributed by atoms with Crippen molar-refractivity contribution in [3.8, 4) is 0 Å². The second kappa shape index (κ2) is 6.89. The first-order chi connectivity index (χ1) is 8.86. The molecule has 1 aromatic rings. The van der Waals surface area contributed by atoms with Gasteiger partial charge in [-0.25, -0.2) is 0 Å². The number of rotatable bonds is 6. The summed E-state index contributed by atoms with van der Waals surface area (Å²) in [7, 11) is 0. The predicted molar refractivity (Wildman–Crippen MR) is 83.0 cm³/mol. The van der Waals surface area contributed by atoms with Crippen LogP contribution < -0.4 is 4.90 Å². The average molecular weight is 329 g/mol. The molecule has 1 aromatic carbocycles. The first-order valence-corrected chi connectivity index (χ1v) is 7.58. The zero-order chi connectivity index (χ0) is 14.6. The van der Waals surface area contributed by atoms with Crippen LogP contribution in [0.1, 0.15) is 33.3 Å². The third-order valence-electron chi connectivity index (χ3n) is 2.89. The molecule has 0 amide bonds. The standard InChI is InChI=1S/C14H21BrN2O2/c1-10(2)9-16(11(3)4)13-6-5-12(8-15)7-14(13)17(18)19/h5-7,10-11H,8-9H2,1-4H3. The van der Waals surface area contributed by atoms with Gasteiger partial charge in [0, 0.05) is 24.0 Å². The van der Waals surface area contributed by atoms with Gasteiger partial charge in [0.2, 0.25) is 0 Å². The Balaban J connectivity index is 3.25. The number of nitrogens with zero attached hydrogens (tertiary/aromatic N) is 2. The van der Waals surface area contributed by atoms with Gasteiger partial charge in [-0.2, -0.15) is 0 Å². The van der Waals surface area contributed by atoms with Gasteiger partial charge in [0.25, 0.3) is 5.69 Å². The highest BCUT2D eigenvalue weighted by atomic mass is 79.9. The minimum absolute atomic E-state index is 0.186. The van der Waals surface area contributed by atoms with Gasteiger partial charge < -0.3 is 4.90 Å². The van der Waals surface area contributed by atoms with E-state index in [9.17, 15) is 10.1 Å². The maximum absolute atomic E-state index is 11.3. The molecule has 0 bridgehead atoms. The maximum Gasteiger partial charge on any atom is 0.292 e. The quantitative estimate of drug-likeness (QED) is 0.442. The van der Waals surface area contributed by atoms with Gasteiger partial charge in [0.1, 0.15) is 5.69 Å². The molecule has 19 heavy (non-hydrogen) atoms. The molecule has 0 N–H and O–H groups in total. The highest BCUT2D eigenvalue weighted by Crippen LogP contribution is 2.31. The van der Waals surface area contributed by atoms with Crippen LogP contribution in [0.15, 0.2) is 18.2 Å². The number of anilines is 1. The monoisotopic (exact) mass is 328 g/mol. The Labute approximate surface area is 123 Å². The topological polar surface area (TPSA) is 46.4 Å². The molecule has 0 spiro atoms. The molecule has 0 heterocycles. The first-order valence-electron chi connectivity index (χ1n) is 6.46. The van der Waals surface area contributed by atoms with E-state index in [1.807, 2.05) is 12.1 Å². The third-order valence-corrected chi connectivity index (χ3v) is 3.53. The van der Waals surface area contributed by atoms with Crippen molar-refractivity contribution in [2.24, 2.45) is 5.92 Å². The Bertz CT molecular complexity index is 447. The zero-order valence-electron chi connectivity index (χ0n) is 11.9. The van der Waals surface area contributed by atoms with Crippen LogP contribution in [0.4, 0.5) is 11.4 Å². The molecule has 0 unspecified atom stereocenters. The number of benzene rings is 1. The Morgan fingerprint density at radius 3 is 2.37 bits per heavy atom. The van der Waals surface area contributed by atoms with Crippen molar-refractivity contribution in [3.05, 3.63) is 33.9 Å². The van der Waals surface area contributed by atoms with Crippen molar-refractivity contribution in [3.63, 3.8) is 0 Å². The fraction of sp³-hybridized carbons (Fsp3) is 0.571. The van der Waals surface area contributed by atoms with Gasteiger partial charge in [-0.15, -0.1) is 0 Å². The Hall–Kier alpha value is -1.10. The van der Waals surface area contributed by atoms with Crippen LogP contribution in [0, 0.1) is 16.0 Å². The van der Waals surface area contributed by atoms with Crippen molar-refractivity contribution in [1.82, 2.24) is 0 Å². The van der Waals surface area contributed by atoms with Gasteiger partial charge >= 0.3 is 0 Å². The molecule has 0 aliphatic rings. The minimum Gasteiger partial charge on any atom is -0.363 e. The fourth-order valence-corrected chi connectivity index (χ4v) is 2.37. The van der Waals surface area contributed by atoms with Crippen molar-refractivity contribution in [1.29, 1.82) is 0 Å². The number of nitro groups is 1. The van der Waals surface area contributed by atoms with E-state index in [2.05, 4.69) is 48.5 Å². The van der Waals surface area contributed by atoms with Crippen LogP contribution in [0.25, 0.3) is 0 Å². The van der Waals surface area contributed by atoms with Gasteiger partial charge in [-0.1, -0.05) is 35.8 Å². The normalized spacial score (nSPS) is 11.1. The number of halogens is 1. The van der Waals surface area contributed by atoms with E-state index < -0.39 is 0 Å². The lowest BCUT2D eigenvalue weighted by Gasteiger charge is -2.30. The van der Waals surface area contributed by atoms with Crippen LogP contribution >= 0.6 is 15.9 Å². The van der Waals surface area contributed by atoms with E-state index >= 15 is 0 Å². The highest BCUT2D eigenvalue weighted by Gasteiger charge is 2.22. The van der Waals surface area contributed by atoms with Crippen LogP contribution in [0.5, 0.6) is 0 Å². The number of hydrogen-bond acceptors (Lipinski definition) is 3. The van der Waals surface area contributed by atoms with Crippen LogP contribution in [-0.4, -0.2) is 17.5 Å². The second-order valence-corrected chi connectivity index (χ2v) is 5.91. The molecule has 0 atom stereocenters. The molecule has 0 aliphatic heterocycles. The van der Waals surface area contributed by atoms with E-state index in [-0.39, 0.29) is 16.7 Å². The number of alkyl halides is 1. The van der Waals surface area contributed by atoms with Gasteiger partial charge in [-0.05, 0) is 31.4 Å². The highest BCUT2D eigenvalue weighted by molar-refractivity contribution is 9.08. The molecule has 0 saturated heterocycles. The lowest BCUT2D eigenvalue weighted by Crippen LogP contribution is -2.34. The van der Waals surface area contributed by atoms with E-state index in [4.69, 9.17) is 0 Å². The van der Waals surface area contributed by atoms with E-state index in [1.165, 1.54) is 0 Å². The van der Waals surface area contributed by atoms with Crippen LogP contribution in [0.3, 0.4) is 0 Å². The lowest BCUT2D eigenvalue weighted by atomic mass is 10.1. The second-order valence-electron chi connectivity index (χ2n) is 5.35. The SMILES string of the molecule is CC(C)CN(c1ccc(CBr)cc1[N+](=O)[O-])C(C)C. The molecular formula is C14H21BrN2O2. The maximum atomic E-state index is 11.3. The summed E-state index contributed by atoms with van der Waals surface area (Å²) < 4.78 is 0.